The molecule has 0 radical (unpaired) electrons. The van der Waals surface area contributed by atoms with Crippen molar-refractivity contribution >= 4 is 29.9 Å². The van der Waals surface area contributed by atoms with Gasteiger partial charge in [-0.2, -0.15) is 5.10 Å². The van der Waals surface area contributed by atoms with Crippen molar-refractivity contribution in [1.82, 2.24) is 25.4 Å². The minimum Gasteiger partial charge on any atom is -0.357 e. The van der Waals surface area contributed by atoms with E-state index < -0.39 is 11.6 Å². The van der Waals surface area contributed by atoms with Crippen LogP contribution in [0.3, 0.4) is 0 Å². The molecule has 2 rings (SSSR count). The Morgan fingerprint density at radius 3 is 2.71 bits per heavy atom. The largest absolute Gasteiger partial charge is 0.357 e. The number of halogens is 3. The molecule has 9 heteroatoms. The Hall–Kier alpha value is -1.78. The summed E-state index contributed by atoms with van der Waals surface area (Å²) in [6.07, 6.45) is 1.46. The van der Waals surface area contributed by atoms with Crippen molar-refractivity contribution in [1.29, 1.82) is 0 Å². The highest BCUT2D eigenvalue weighted by Gasteiger charge is 2.13. The predicted molar refractivity (Wildman–Crippen MR) is 99.1 cm³/mol. The number of aryl methyl sites for hydroxylation is 1. The molecule has 0 amide bonds. The van der Waals surface area contributed by atoms with Crippen LogP contribution in [0.1, 0.15) is 31.3 Å². The minimum absolute atomic E-state index is 0. The number of guanidine groups is 1. The Balaban J connectivity index is 0.00000288. The van der Waals surface area contributed by atoms with Crippen molar-refractivity contribution in [2.45, 2.75) is 26.4 Å². The van der Waals surface area contributed by atoms with Crippen molar-refractivity contribution in [3.05, 3.63) is 47.5 Å². The SMILES string of the molecule is CCNC(=NCc1ncnn1C)NC(C)c1ccc(F)cc1F.I. The number of benzene rings is 1. The van der Waals surface area contributed by atoms with Gasteiger partial charge < -0.3 is 10.6 Å². The van der Waals surface area contributed by atoms with Gasteiger partial charge in [-0.1, -0.05) is 6.07 Å². The van der Waals surface area contributed by atoms with Crippen LogP contribution in [0.4, 0.5) is 8.78 Å². The molecule has 0 aliphatic carbocycles. The number of nitrogens with one attached hydrogen (secondary N) is 2. The van der Waals surface area contributed by atoms with E-state index in [0.29, 0.717) is 30.4 Å². The van der Waals surface area contributed by atoms with Crippen LogP contribution in [-0.2, 0) is 13.6 Å². The van der Waals surface area contributed by atoms with Crippen LogP contribution in [0.25, 0.3) is 0 Å². The number of aliphatic imine (C=N–C) groups is 1. The topological polar surface area (TPSA) is 67.1 Å². The molecule has 1 aromatic carbocycles. The monoisotopic (exact) mass is 450 g/mol. The summed E-state index contributed by atoms with van der Waals surface area (Å²) in [5, 5.41) is 10.2. The fraction of sp³-hybridized carbons (Fsp3) is 0.400. The number of hydrogen-bond donors (Lipinski definition) is 2. The van der Waals surface area contributed by atoms with E-state index in [1.54, 1.807) is 18.7 Å². The fourth-order valence-corrected chi connectivity index (χ4v) is 2.07. The van der Waals surface area contributed by atoms with Crippen LogP contribution >= 0.6 is 24.0 Å². The zero-order valence-corrected chi connectivity index (χ0v) is 16.1. The van der Waals surface area contributed by atoms with E-state index in [1.807, 2.05) is 6.92 Å². The molecule has 1 heterocycles. The van der Waals surface area contributed by atoms with Crippen molar-refractivity contribution in [2.75, 3.05) is 6.54 Å². The smallest absolute Gasteiger partial charge is 0.192 e. The third-order valence-electron chi connectivity index (χ3n) is 3.31. The summed E-state index contributed by atoms with van der Waals surface area (Å²) in [7, 11) is 1.79. The first-order chi connectivity index (χ1) is 11.0. The van der Waals surface area contributed by atoms with E-state index in [-0.39, 0.29) is 30.0 Å². The Bertz CT molecular complexity index is 688. The molecule has 0 saturated carbocycles. The summed E-state index contributed by atoms with van der Waals surface area (Å²) < 4.78 is 28.5. The van der Waals surface area contributed by atoms with Gasteiger partial charge >= 0.3 is 0 Å². The minimum atomic E-state index is -0.596. The van der Waals surface area contributed by atoms with Crippen molar-refractivity contribution < 1.29 is 8.78 Å². The van der Waals surface area contributed by atoms with Crippen LogP contribution in [0, 0.1) is 11.6 Å². The number of rotatable bonds is 5. The lowest BCUT2D eigenvalue weighted by Crippen LogP contribution is -2.39. The molecular formula is C15H21F2IN6. The highest BCUT2D eigenvalue weighted by molar-refractivity contribution is 14.0. The van der Waals surface area contributed by atoms with Crippen LogP contribution < -0.4 is 10.6 Å². The molecule has 0 spiro atoms. The van der Waals surface area contributed by atoms with E-state index >= 15 is 0 Å². The molecule has 0 fully saturated rings. The van der Waals surface area contributed by atoms with Crippen molar-refractivity contribution in [2.24, 2.45) is 12.0 Å². The quantitative estimate of drug-likeness (QED) is 0.418. The number of hydrogen-bond acceptors (Lipinski definition) is 3. The van der Waals surface area contributed by atoms with E-state index in [0.717, 1.165) is 6.07 Å². The molecule has 0 bridgehead atoms. The van der Waals surface area contributed by atoms with Gasteiger partial charge in [0.2, 0.25) is 0 Å². The number of nitrogens with zero attached hydrogens (tertiary/aromatic N) is 4. The van der Waals surface area contributed by atoms with Crippen LogP contribution in [0.5, 0.6) is 0 Å². The molecule has 1 aromatic heterocycles. The molecule has 1 unspecified atom stereocenters. The van der Waals surface area contributed by atoms with Gasteiger partial charge in [-0.05, 0) is 19.9 Å². The first-order valence-electron chi connectivity index (χ1n) is 7.34. The molecule has 132 valence electrons. The van der Waals surface area contributed by atoms with Gasteiger partial charge in [0.15, 0.2) is 5.96 Å². The maximum atomic E-state index is 13.8. The van der Waals surface area contributed by atoms with Gasteiger partial charge in [0.1, 0.15) is 30.3 Å². The molecule has 2 aromatic rings. The summed E-state index contributed by atoms with van der Waals surface area (Å²) in [6.45, 7) is 4.71. The maximum absolute atomic E-state index is 13.8. The summed E-state index contributed by atoms with van der Waals surface area (Å²) >= 11 is 0. The van der Waals surface area contributed by atoms with Gasteiger partial charge in [0.05, 0.1) is 6.04 Å². The summed E-state index contributed by atoms with van der Waals surface area (Å²) in [5.41, 5.74) is 0.371. The van der Waals surface area contributed by atoms with Crippen LogP contribution in [0.2, 0.25) is 0 Å². The average Bonchev–Trinajstić information content (AvgIpc) is 2.90. The Morgan fingerprint density at radius 2 is 2.12 bits per heavy atom. The Kier molecular flexibility index (Phi) is 8.02. The van der Waals surface area contributed by atoms with Crippen molar-refractivity contribution in [3.8, 4) is 0 Å². The maximum Gasteiger partial charge on any atom is 0.192 e. The first-order valence-corrected chi connectivity index (χ1v) is 7.34. The average molecular weight is 450 g/mol. The second-order valence-electron chi connectivity index (χ2n) is 5.03. The first kappa shape index (κ1) is 20.3. The van der Waals surface area contributed by atoms with E-state index in [2.05, 4.69) is 25.7 Å². The molecule has 0 aliphatic rings. The van der Waals surface area contributed by atoms with E-state index in [9.17, 15) is 8.78 Å². The molecule has 24 heavy (non-hydrogen) atoms. The van der Waals surface area contributed by atoms with Crippen molar-refractivity contribution in [3.63, 3.8) is 0 Å². The zero-order valence-electron chi connectivity index (χ0n) is 13.8. The second kappa shape index (κ2) is 9.50. The molecular weight excluding hydrogens is 429 g/mol. The molecule has 2 N–H and O–H groups in total. The highest BCUT2D eigenvalue weighted by atomic mass is 127. The van der Waals surface area contributed by atoms with Crippen LogP contribution in [0.15, 0.2) is 29.5 Å². The fourth-order valence-electron chi connectivity index (χ4n) is 2.07. The summed E-state index contributed by atoms with van der Waals surface area (Å²) in [5.74, 6) is 0.0463. The van der Waals surface area contributed by atoms with E-state index in [1.165, 1.54) is 18.5 Å². The third kappa shape index (κ3) is 5.39. The summed E-state index contributed by atoms with van der Waals surface area (Å²) in [6, 6.07) is 3.17. The standard InChI is InChI=1S/C15H20F2N6.HI/c1-4-18-15(19-8-14-20-9-21-23(14)3)22-10(2)12-6-5-11(16)7-13(12)17;/h5-7,9-10H,4,8H2,1-3H3,(H2,18,19,22);1H. The van der Waals surface area contributed by atoms with Gasteiger partial charge in [-0.3, -0.25) is 4.68 Å². The molecule has 0 aliphatic heterocycles. The van der Waals surface area contributed by atoms with E-state index in [4.69, 9.17) is 0 Å². The highest BCUT2D eigenvalue weighted by Crippen LogP contribution is 2.17. The lowest BCUT2D eigenvalue weighted by atomic mass is 10.1. The Labute approximate surface area is 156 Å². The Morgan fingerprint density at radius 1 is 1.38 bits per heavy atom. The third-order valence-corrected chi connectivity index (χ3v) is 3.31. The van der Waals surface area contributed by atoms with Crippen LogP contribution in [-0.4, -0.2) is 27.3 Å². The van der Waals surface area contributed by atoms with Gasteiger partial charge in [0.25, 0.3) is 0 Å². The van der Waals surface area contributed by atoms with Gasteiger partial charge in [-0.25, -0.2) is 18.8 Å². The van der Waals surface area contributed by atoms with Gasteiger partial charge in [-0.15, -0.1) is 24.0 Å². The predicted octanol–water partition coefficient (Wildman–Crippen LogP) is 2.53. The molecule has 6 nitrogen and oxygen atoms in total. The number of aromatic nitrogens is 3. The molecule has 1 atom stereocenters. The normalized spacial score (nSPS) is 12.5. The lowest BCUT2D eigenvalue weighted by molar-refractivity contribution is 0.550. The molecule has 0 saturated heterocycles. The second-order valence-corrected chi connectivity index (χ2v) is 5.03. The lowest BCUT2D eigenvalue weighted by Gasteiger charge is -2.18. The van der Waals surface area contributed by atoms with Gasteiger partial charge in [0, 0.05) is 25.2 Å². The zero-order chi connectivity index (χ0) is 16.8. The summed E-state index contributed by atoms with van der Waals surface area (Å²) in [4.78, 5) is 8.50.